The van der Waals surface area contributed by atoms with Gasteiger partial charge in [0.2, 0.25) is 0 Å². The maximum atomic E-state index is 15.0. The van der Waals surface area contributed by atoms with Crippen molar-refractivity contribution in [2.45, 2.75) is 19.8 Å². The van der Waals surface area contributed by atoms with E-state index < -0.39 is 18.4 Å². The number of para-hydroxylation sites is 1. The molecule has 0 aliphatic heterocycles. The lowest BCUT2D eigenvalue weighted by molar-refractivity contribution is -0.00308. The maximum Gasteiger partial charge on any atom is 0.290 e. The summed E-state index contributed by atoms with van der Waals surface area (Å²) < 4.78 is 36.0. The van der Waals surface area contributed by atoms with Gasteiger partial charge in [0.05, 0.1) is 23.8 Å². The lowest BCUT2D eigenvalue weighted by Gasteiger charge is -2.20. The van der Waals surface area contributed by atoms with Crippen LogP contribution in [-0.2, 0) is 5.92 Å². The smallest absolute Gasteiger partial charge is 0.290 e. The quantitative estimate of drug-likeness (QED) is 0.331. The third-order valence-electron chi connectivity index (χ3n) is 5.54. The molecule has 0 atom stereocenters. The average molecular weight is 459 g/mol. The summed E-state index contributed by atoms with van der Waals surface area (Å²) in [5.41, 5.74) is 2.79. The molecule has 34 heavy (non-hydrogen) atoms. The summed E-state index contributed by atoms with van der Waals surface area (Å²) in [5, 5.41) is 2.91. The highest BCUT2D eigenvalue weighted by atomic mass is 19.3. The molecular weight excluding hydrogens is 434 g/mol. The summed E-state index contributed by atoms with van der Waals surface area (Å²) in [6.07, 6.45) is 3.11. The van der Waals surface area contributed by atoms with Gasteiger partial charge in [-0.1, -0.05) is 66.7 Å². The second-order valence-corrected chi connectivity index (χ2v) is 8.10. The largest absolute Gasteiger partial charge is 0.455 e. The van der Waals surface area contributed by atoms with Crippen molar-refractivity contribution in [3.63, 3.8) is 0 Å². The molecule has 1 aromatic heterocycles. The van der Waals surface area contributed by atoms with Crippen LogP contribution in [0.1, 0.15) is 32.6 Å². The number of aromatic nitrogens is 1. The number of nitrogens with zero attached hydrogens (tertiary/aromatic N) is 1. The molecule has 0 radical (unpaired) electrons. The van der Waals surface area contributed by atoms with Crippen molar-refractivity contribution < 1.29 is 18.3 Å². The Balaban J connectivity index is 1.67. The van der Waals surface area contributed by atoms with E-state index in [-0.39, 0.29) is 16.9 Å². The van der Waals surface area contributed by atoms with Gasteiger partial charge in [-0.15, -0.1) is 0 Å². The number of pyridine rings is 1. The van der Waals surface area contributed by atoms with Crippen LogP contribution in [0.2, 0.25) is 0 Å². The van der Waals surface area contributed by atoms with Crippen LogP contribution in [0.25, 0.3) is 17.0 Å². The maximum absolute atomic E-state index is 15.0. The van der Waals surface area contributed by atoms with Crippen LogP contribution in [0.5, 0.6) is 11.5 Å². The summed E-state index contributed by atoms with van der Waals surface area (Å²) in [6.45, 7) is 6.38. The van der Waals surface area contributed by atoms with E-state index >= 15 is 8.78 Å². The zero-order chi connectivity index (χ0) is 24.3. The van der Waals surface area contributed by atoms with Crippen molar-refractivity contribution in [3.8, 4) is 11.5 Å². The van der Waals surface area contributed by atoms with E-state index in [9.17, 15) is 4.79 Å². The molecule has 4 aromatic rings. The van der Waals surface area contributed by atoms with E-state index in [4.69, 9.17) is 4.74 Å². The number of amides is 1. The van der Waals surface area contributed by atoms with Crippen LogP contribution < -0.4 is 10.1 Å². The van der Waals surface area contributed by atoms with Crippen molar-refractivity contribution in [3.05, 3.63) is 107 Å². The Morgan fingerprint density at radius 3 is 2.65 bits per heavy atom. The van der Waals surface area contributed by atoms with Gasteiger partial charge < -0.3 is 10.1 Å². The first kappa shape index (κ1) is 23.1. The molecule has 0 aliphatic rings. The Morgan fingerprint density at radius 1 is 1.09 bits per heavy atom. The Labute approximate surface area is 196 Å². The minimum atomic E-state index is -3.24. The predicted molar refractivity (Wildman–Crippen MR) is 130 cm³/mol. The molecule has 172 valence electrons. The molecule has 0 saturated heterocycles. The van der Waals surface area contributed by atoms with E-state index in [1.54, 1.807) is 67.6 Å². The predicted octanol–water partition coefficient (Wildman–Crippen LogP) is 6.81. The molecule has 0 bridgehead atoms. The van der Waals surface area contributed by atoms with E-state index in [1.165, 1.54) is 12.3 Å². The first-order chi connectivity index (χ1) is 16.3. The second kappa shape index (κ2) is 9.43. The van der Waals surface area contributed by atoms with Crippen LogP contribution in [0.4, 0.5) is 8.78 Å². The lowest BCUT2D eigenvalue weighted by Crippen LogP contribution is -2.35. The van der Waals surface area contributed by atoms with Crippen LogP contribution in [0.15, 0.2) is 79.5 Å². The van der Waals surface area contributed by atoms with Gasteiger partial charge in [-0.3, -0.25) is 9.78 Å². The van der Waals surface area contributed by atoms with Gasteiger partial charge in [-0.2, -0.15) is 8.78 Å². The van der Waals surface area contributed by atoms with Gasteiger partial charge in [0, 0.05) is 10.9 Å². The monoisotopic (exact) mass is 458 g/mol. The third kappa shape index (κ3) is 4.81. The molecule has 4 rings (SSSR count). The fourth-order valence-corrected chi connectivity index (χ4v) is 3.87. The highest BCUT2D eigenvalue weighted by Crippen LogP contribution is 2.33. The normalized spacial score (nSPS) is 11.3. The summed E-state index contributed by atoms with van der Waals surface area (Å²) >= 11 is 0. The zero-order valence-electron chi connectivity index (χ0n) is 18.9. The van der Waals surface area contributed by atoms with Crippen molar-refractivity contribution >= 4 is 22.9 Å². The molecule has 0 unspecified atom stereocenters. The summed E-state index contributed by atoms with van der Waals surface area (Å²) in [5.74, 6) is -3.26. The van der Waals surface area contributed by atoms with Gasteiger partial charge in [-0.05, 0) is 43.2 Å². The number of benzene rings is 3. The summed E-state index contributed by atoms with van der Waals surface area (Å²) in [6, 6.07) is 18.9. The molecule has 1 N–H and O–H groups in total. The van der Waals surface area contributed by atoms with Crippen molar-refractivity contribution in [2.75, 3.05) is 6.54 Å². The lowest BCUT2D eigenvalue weighted by atomic mass is 10.00. The topological polar surface area (TPSA) is 51.2 Å². The number of nitrogens with one attached hydrogen (secondary N) is 1. The van der Waals surface area contributed by atoms with Crippen molar-refractivity contribution in [2.24, 2.45) is 0 Å². The molecule has 4 nitrogen and oxygen atoms in total. The standard InChI is InChI=1S/C28H24F2N2O2/c1-4-20-8-7-9-21(15-20)34-25-16-31-24-11-6-5-10-22(24)26(25)27(33)32-17-28(29,30)23-13-12-18(2)14-19(23)3/h4-16H,1,17H2,2-3H3,(H,32,33). The molecule has 0 fully saturated rings. The summed E-state index contributed by atoms with van der Waals surface area (Å²) in [7, 11) is 0. The summed E-state index contributed by atoms with van der Waals surface area (Å²) in [4.78, 5) is 17.6. The van der Waals surface area contributed by atoms with Gasteiger partial charge in [0.1, 0.15) is 5.75 Å². The number of rotatable bonds is 7. The minimum Gasteiger partial charge on any atom is -0.455 e. The molecule has 1 amide bonds. The SMILES string of the molecule is C=Cc1cccc(Oc2cnc3ccccc3c2C(=O)NCC(F)(F)c2ccc(C)cc2C)c1. The number of carbonyl (C=O) groups is 1. The van der Waals surface area contributed by atoms with Crippen LogP contribution in [0, 0.1) is 13.8 Å². The molecule has 0 aliphatic carbocycles. The number of fused-ring (bicyclic) bond motifs is 1. The minimum absolute atomic E-state index is 0.115. The Bertz CT molecular complexity index is 1380. The third-order valence-corrected chi connectivity index (χ3v) is 5.54. The number of aryl methyl sites for hydroxylation is 2. The molecule has 6 heteroatoms. The Kier molecular flexibility index (Phi) is 6.41. The van der Waals surface area contributed by atoms with Gasteiger partial charge in [0.15, 0.2) is 5.75 Å². The first-order valence-corrected chi connectivity index (χ1v) is 10.8. The van der Waals surface area contributed by atoms with Gasteiger partial charge in [-0.25, -0.2) is 0 Å². The number of carbonyl (C=O) groups excluding carboxylic acids is 1. The molecule has 0 spiro atoms. The molecule has 1 heterocycles. The average Bonchev–Trinajstić information content (AvgIpc) is 2.82. The molecule has 0 saturated carbocycles. The first-order valence-electron chi connectivity index (χ1n) is 10.8. The second-order valence-electron chi connectivity index (χ2n) is 8.10. The van der Waals surface area contributed by atoms with Crippen LogP contribution >= 0.6 is 0 Å². The number of hydrogen-bond acceptors (Lipinski definition) is 3. The number of ether oxygens (including phenoxy) is 1. The van der Waals surface area contributed by atoms with Crippen molar-refractivity contribution in [1.29, 1.82) is 0 Å². The van der Waals surface area contributed by atoms with Gasteiger partial charge in [0.25, 0.3) is 11.8 Å². The molecule has 3 aromatic carbocycles. The fraction of sp³-hybridized carbons (Fsp3) is 0.143. The Morgan fingerprint density at radius 2 is 1.88 bits per heavy atom. The molecular formula is C28H24F2N2O2. The van der Waals surface area contributed by atoms with Gasteiger partial charge >= 0.3 is 0 Å². The highest BCUT2D eigenvalue weighted by molar-refractivity contribution is 6.08. The number of alkyl halides is 2. The zero-order valence-corrected chi connectivity index (χ0v) is 18.9. The fourth-order valence-electron chi connectivity index (χ4n) is 3.87. The number of hydrogen-bond donors (Lipinski definition) is 1. The van der Waals surface area contributed by atoms with E-state index in [1.807, 2.05) is 13.0 Å². The van der Waals surface area contributed by atoms with Crippen LogP contribution in [-0.4, -0.2) is 17.4 Å². The number of halogens is 2. The Hall–Kier alpha value is -4.06. The van der Waals surface area contributed by atoms with Crippen molar-refractivity contribution in [1.82, 2.24) is 10.3 Å². The highest BCUT2D eigenvalue weighted by Gasteiger charge is 2.34. The van der Waals surface area contributed by atoms with E-state index in [2.05, 4.69) is 16.9 Å². The van der Waals surface area contributed by atoms with E-state index in [0.717, 1.165) is 11.1 Å². The van der Waals surface area contributed by atoms with Crippen LogP contribution in [0.3, 0.4) is 0 Å². The van der Waals surface area contributed by atoms with E-state index in [0.29, 0.717) is 22.2 Å².